The second-order valence-corrected chi connectivity index (χ2v) is 5.81. The smallest absolute Gasteiger partial charge is 0.256 e. The van der Waals surface area contributed by atoms with E-state index in [4.69, 9.17) is 16.3 Å². The van der Waals surface area contributed by atoms with Crippen molar-refractivity contribution in [1.82, 2.24) is 0 Å². The molecule has 1 N–H and O–H groups in total. The zero-order chi connectivity index (χ0) is 17.1. The van der Waals surface area contributed by atoms with Gasteiger partial charge in [-0.05, 0) is 43.3 Å². The van der Waals surface area contributed by atoms with Gasteiger partial charge in [-0.3, -0.25) is 9.59 Å². The molecule has 0 aliphatic carbocycles. The van der Waals surface area contributed by atoms with Crippen LogP contribution in [0.2, 0.25) is 5.02 Å². The van der Waals surface area contributed by atoms with Crippen molar-refractivity contribution in [3.8, 4) is 5.75 Å². The van der Waals surface area contributed by atoms with Crippen LogP contribution in [-0.2, 0) is 9.59 Å². The van der Waals surface area contributed by atoms with Crippen LogP contribution in [0.3, 0.4) is 0 Å². The number of imide groups is 1. The standard InChI is InChI=1S/C18H17ClN2O3/c1-2-24-16-6-4-3-5-15(16)21-17(22)11-14(18(21)23)20-13-9-7-12(19)8-10-13/h3-10,14,20H,2,11H2,1H3/t14-/m1/s1. The molecule has 0 saturated carbocycles. The number of carbonyl (C=O) groups is 2. The van der Waals surface area contributed by atoms with E-state index in [1.165, 1.54) is 4.90 Å². The Bertz CT molecular complexity index is 761. The Labute approximate surface area is 145 Å². The number of hydrogen-bond acceptors (Lipinski definition) is 4. The van der Waals surface area contributed by atoms with E-state index < -0.39 is 6.04 Å². The molecule has 2 aromatic rings. The highest BCUT2D eigenvalue weighted by molar-refractivity contribution is 6.30. The van der Waals surface area contributed by atoms with Gasteiger partial charge in [0.2, 0.25) is 5.91 Å². The Morgan fingerprint density at radius 3 is 2.58 bits per heavy atom. The van der Waals surface area contributed by atoms with E-state index in [0.29, 0.717) is 23.1 Å². The molecule has 124 valence electrons. The first-order chi connectivity index (χ1) is 11.6. The number of nitrogens with zero attached hydrogens (tertiary/aromatic N) is 1. The number of halogens is 1. The zero-order valence-electron chi connectivity index (χ0n) is 13.2. The van der Waals surface area contributed by atoms with Gasteiger partial charge in [0.25, 0.3) is 5.91 Å². The average molecular weight is 345 g/mol. The predicted octanol–water partition coefficient (Wildman–Crippen LogP) is 3.48. The third kappa shape index (κ3) is 3.21. The highest BCUT2D eigenvalue weighted by Gasteiger charge is 2.40. The minimum atomic E-state index is -0.603. The third-order valence-electron chi connectivity index (χ3n) is 3.74. The lowest BCUT2D eigenvalue weighted by atomic mass is 10.2. The van der Waals surface area contributed by atoms with Crippen molar-refractivity contribution < 1.29 is 14.3 Å². The Balaban J connectivity index is 1.83. The molecule has 1 saturated heterocycles. The number of hydrogen-bond donors (Lipinski definition) is 1. The Hall–Kier alpha value is -2.53. The van der Waals surface area contributed by atoms with E-state index in [9.17, 15) is 9.59 Å². The molecular weight excluding hydrogens is 328 g/mol. The van der Waals surface area contributed by atoms with Crippen LogP contribution >= 0.6 is 11.6 Å². The number of anilines is 2. The third-order valence-corrected chi connectivity index (χ3v) is 3.99. The average Bonchev–Trinajstić information content (AvgIpc) is 2.85. The van der Waals surface area contributed by atoms with E-state index in [-0.39, 0.29) is 18.2 Å². The fourth-order valence-electron chi connectivity index (χ4n) is 2.66. The summed E-state index contributed by atoms with van der Waals surface area (Å²) < 4.78 is 5.53. The number of amides is 2. The van der Waals surface area contributed by atoms with Crippen molar-refractivity contribution in [2.45, 2.75) is 19.4 Å². The van der Waals surface area contributed by atoms with Crippen LogP contribution in [0.25, 0.3) is 0 Å². The molecule has 5 nitrogen and oxygen atoms in total. The molecule has 0 aromatic heterocycles. The molecule has 0 unspecified atom stereocenters. The van der Waals surface area contributed by atoms with Crippen molar-refractivity contribution in [2.24, 2.45) is 0 Å². The van der Waals surface area contributed by atoms with Crippen LogP contribution in [0, 0.1) is 0 Å². The number of benzene rings is 2. The molecule has 2 amide bonds. The maximum atomic E-state index is 12.7. The molecule has 3 rings (SSSR count). The Kier molecular flexibility index (Phi) is 4.71. The molecule has 0 radical (unpaired) electrons. The lowest BCUT2D eigenvalue weighted by molar-refractivity contribution is -0.121. The molecule has 6 heteroatoms. The molecular formula is C18H17ClN2O3. The molecule has 0 spiro atoms. The minimum Gasteiger partial charge on any atom is -0.492 e. The topological polar surface area (TPSA) is 58.6 Å². The molecule has 1 atom stereocenters. The highest BCUT2D eigenvalue weighted by atomic mass is 35.5. The fraction of sp³-hybridized carbons (Fsp3) is 0.222. The summed E-state index contributed by atoms with van der Waals surface area (Å²) in [5.74, 6) is -0.0189. The minimum absolute atomic E-state index is 0.0991. The summed E-state index contributed by atoms with van der Waals surface area (Å²) in [6.07, 6.45) is 0.0991. The molecule has 1 heterocycles. The van der Waals surface area contributed by atoms with Crippen LogP contribution in [0.4, 0.5) is 11.4 Å². The van der Waals surface area contributed by atoms with E-state index in [0.717, 1.165) is 5.69 Å². The summed E-state index contributed by atoms with van der Waals surface area (Å²) in [5.41, 5.74) is 1.22. The first-order valence-electron chi connectivity index (χ1n) is 7.71. The first-order valence-corrected chi connectivity index (χ1v) is 8.08. The maximum Gasteiger partial charge on any atom is 0.256 e. The molecule has 1 aliphatic rings. The van der Waals surface area contributed by atoms with Crippen LogP contribution in [0.5, 0.6) is 5.75 Å². The maximum absolute atomic E-state index is 12.7. The van der Waals surface area contributed by atoms with Gasteiger partial charge < -0.3 is 10.1 Å². The Morgan fingerprint density at radius 2 is 1.88 bits per heavy atom. The van der Waals surface area contributed by atoms with Crippen molar-refractivity contribution in [1.29, 1.82) is 0 Å². The normalized spacial score (nSPS) is 17.2. The SMILES string of the molecule is CCOc1ccccc1N1C(=O)C[C@@H](Nc2ccc(Cl)cc2)C1=O. The number of carbonyl (C=O) groups excluding carboxylic acids is 2. The summed E-state index contributed by atoms with van der Waals surface area (Å²) in [6, 6.07) is 13.5. The van der Waals surface area contributed by atoms with Gasteiger partial charge in [-0.15, -0.1) is 0 Å². The number of ether oxygens (including phenoxy) is 1. The largest absolute Gasteiger partial charge is 0.492 e. The van der Waals surface area contributed by atoms with Crippen LogP contribution < -0.4 is 15.0 Å². The van der Waals surface area contributed by atoms with Crippen LogP contribution in [0.1, 0.15) is 13.3 Å². The van der Waals surface area contributed by atoms with Crippen molar-refractivity contribution in [3.63, 3.8) is 0 Å². The summed E-state index contributed by atoms with van der Waals surface area (Å²) >= 11 is 5.86. The van der Waals surface area contributed by atoms with Gasteiger partial charge in [-0.2, -0.15) is 0 Å². The van der Waals surface area contributed by atoms with Crippen molar-refractivity contribution in [2.75, 3.05) is 16.8 Å². The van der Waals surface area contributed by atoms with Gasteiger partial charge >= 0.3 is 0 Å². The molecule has 24 heavy (non-hydrogen) atoms. The van der Waals surface area contributed by atoms with Crippen LogP contribution in [0.15, 0.2) is 48.5 Å². The molecule has 0 bridgehead atoms. The lowest BCUT2D eigenvalue weighted by Crippen LogP contribution is -2.35. The summed E-state index contributed by atoms with van der Waals surface area (Å²) in [7, 11) is 0. The summed E-state index contributed by atoms with van der Waals surface area (Å²) in [6.45, 7) is 2.31. The number of nitrogens with one attached hydrogen (secondary N) is 1. The summed E-state index contributed by atoms with van der Waals surface area (Å²) in [4.78, 5) is 26.3. The molecule has 1 aliphatic heterocycles. The number of para-hydroxylation sites is 2. The van der Waals surface area contributed by atoms with Gasteiger partial charge in [0.15, 0.2) is 0 Å². The van der Waals surface area contributed by atoms with Gasteiger partial charge in [0, 0.05) is 10.7 Å². The van der Waals surface area contributed by atoms with Gasteiger partial charge in [0.05, 0.1) is 18.7 Å². The van der Waals surface area contributed by atoms with Gasteiger partial charge in [0.1, 0.15) is 11.8 Å². The molecule has 1 fully saturated rings. The Morgan fingerprint density at radius 1 is 1.17 bits per heavy atom. The van der Waals surface area contributed by atoms with E-state index in [1.807, 2.05) is 13.0 Å². The summed E-state index contributed by atoms with van der Waals surface area (Å²) in [5, 5.41) is 3.70. The monoisotopic (exact) mass is 344 g/mol. The van der Waals surface area contributed by atoms with E-state index in [1.54, 1.807) is 42.5 Å². The second kappa shape index (κ2) is 6.93. The number of rotatable bonds is 5. The first kappa shape index (κ1) is 16.3. The van der Waals surface area contributed by atoms with Crippen molar-refractivity contribution in [3.05, 3.63) is 53.6 Å². The quantitative estimate of drug-likeness (QED) is 0.844. The van der Waals surface area contributed by atoms with Gasteiger partial charge in [-0.25, -0.2) is 4.90 Å². The fourth-order valence-corrected chi connectivity index (χ4v) is 2.79. The van der Waals surface area contributed by atoms with Crippen molar-refractivity contribution >= 4 is 34.8 Å². The predicted molar refractivity (Wildman–Crippen MR) is 93.6 cm³/mol. The second-order valence-electron chi connectivity index (χ2n) is 5.38. The highest BCUT2D eigenvalue weighted by Crippen LogP contribution is 2.32. The van der Waals surface area contributed by atoms with Gasteiger partial charge in [-0.1, -0.05) is 23.7 Å². The van der Waals surface area contributed by atoms with Crippen LogP contribution in [-0.4, -0.2) is 24.5 Å². The van der Waals surface area contributed by atoms with E-state index >= 15 is 0 Å². The van der Waals surface area contributed by atoms with E-state index in [2.05, 4.69) is 5.32 Å². The zero-order valence-corrected chi connectivity index (χ0v) is 13.9. The lowest BCUT2D eigenvalue weighted by Gasteiger charge is -2.19. The molecule has 2 aromatic carbocycles.